The van der Waals surface area contributed by atoms with Crippen LogP contribution in [0.2, 0.25) is 0 Å². The van der Waals surface area contributed by atoms with Crippen molar-refractivity contribution in [1.29, 1.82) is 0 Å². The van der Waals surface area contributed by atoms with Crippen molar-refractivity contribution in [2.45, 2.75) is 6.92 Å². The monoisotopic (exact) mass is 142 g/mol. The van der Waals surface area contributed by atoms with Crippen molar-refractivity contribution in [2.24, 2.45) is 0 Å². The van der Waals surface area contributed by atoms with Gasteiger partial charge < -0.3 is 5.11 Å². The van der Waals surface area contributed by atoms with Gasteiger partial charge in [-0.05, 0) is 17.2 Å². The zero-order valence-corrected chi connectivity index (χ0v) is 6.24. The minimum atomic E-state index is -0.0544. The van der Waals surface area contributed by atoms with E-state index in [2.05, 4.69) is 18.8 Å². The van der Waals surface area contributed by atoms with E-state index < -0.39 is 0 Å². The van der Waals surface area contributed by atoms with E-state index in [1.54, 1.807) is 17.8 Å². The van der Waals surface area contributed by atoms with Gasteiger partial charge in [0.1, 0.15) is 6.61 Å². The molecule has 0 saturated carbocycles. The van der Waals surface area contributed by atoms with E-state index in [0.717, 1.165) is 5.75 Å². The van der Waals surface area contributed by atoms with Gasteiger partial charge in [-0.1, -0.05) is 18.8 Å². The fraction of sp³-hybridized carbons (Fsp3) is 0.429. The maximum absolute atomic E-state index is 8.21. The van der Waals surface area contributed by atoms with Gasteiger partial charge in [0.05, 0.1) is 0 Å². The van der Waals surface area contributed by atoms with Crippen LogP contribution in [-0.4, -0.2) is 17.5 Å². The molecule has 0 aromatic carbocycles. The summed E-state index contributed by atoms with van der Waals surface area (Å²) in [5.41, 5.74) is 0. The number of hydrogen-bond acceptors (Lipinski definition) is 2. The summed E-state index contributed by atoms with van der Waals surface area (Å²) < 4.78 is 0. The molecule has 0 bridgehead atoms. The Morgan fingerprint density at radius 1 is 1.67 bits per heavy atom. The molecule has 0 radical (unpaired) electrons. The summed E-state index contributed by atoms with van der Waals surface area (Å²) in [5, 5.41) is 10.1. The summed E-state index contributed by atoms with van der Waals surface area (Å²) in [7, 11) is 0. The Hall–Kier alpha value is -0.390. The number of hydrogen-bond donors (Lipinski definition) is 1. The lowest BCUT2D eigenvalue weighted by Crippen LogP contribution is -1.68. The number of rotatable bonds is 2. The van der Waals surface area contributed by atoms with Crippen LogP contribution < -0.4 is 0 Å². The molecule has 0 aromatic heterocycles. The molecule has 1 nitrogen and oxygen atoms in total. The van der Waals surface area contributed by atoms with Crippen LogP contribution in [0.25, 0.3) is 0 Å². The van der Waals surface area contributed by atoms with Crippen LogP contribution in [0.5, 0.6) is 0 Å². The van der Waals surface area contributed by atoms with Crippen LogP contribution in [0.3, 0.4) is 0 Å². The minimum absolute atomic E-state index is 0.0544. The summed E-state index contributed by atoms with van der Waals surface area (Å²) in [6.07, 6.45) is 1.74. The average Bonchev–Trinajstić information content (AvgIpc) is 1.89. The fourth-order valence-electron chi connectivity index (χ4n) is 0.283. The van der Waals surface area contributed by atoms with E-state index in [9.17, 15) is 0 Å². The topological polar surface area (TPSA) is 20.2 Å². The maximum atomic E-state index is 8.21. The summed E-state index contributed by atoms with van der Waals surface area (Å²) in [4.78, 5) is 0. The van der Waals surface area contributed by atoms with Crippen LogP contribution in [-0.2, 0) is 0 Å². The first-order chi connectivity index (χ1) is 4.41. The van der Waals surface area contributed by atoms with Crippen molar-refractivity contribution >= 4 is 11.8 Å². The zero-order chi connectivity index (χ0) is 6.95. The summed E-state index contributed by atoms with van der Waals surface area (Å²) >= 11 is 1.69. The first-order valence-corrected chi connectivity index (χ1v) is 3.82. The van der Waals surface area contributed by atoms with E-state index in [-0.39, 0.29) is 6.61 Å². The quantitative estimate of drug-likeness (QED) is 0.585. The van der Waals surface area contributed by atoms with Gasteiger partial charge in [0.2, 0.25) is 0 Å². The first kappa shape index (κ1) is 8.61. The molecular weight excluding hydrogens is 132 g/mol. The number of aliphatic hydroxyl groups excluding tert-OH is 1. The second-order valence-electron chi connectivity index (χ2n) is 1.24. The standard InChI is InChI=1S/C7H10OS/c1-2-9-7-5-3-4-6-8/h5,7-8H,2,6H2,1H3/b7-5+. The van der Waals surface area contributed by atoms with E-state index in [1.165, 1.54) is 0 Å². The smallest absolute Gasteiger partial charge is 0.104 e. The average molecular weight is 142 g/mol. The lowest BCUT2D eigenvalue weighted by Gasteiger charge is -1.77. The highest BCUT2D eigenvalue weighted by atomic mass is 32.2. The lowest BCUT2D eigenvalue weighted by molar-refractivity contribution is 0.350. The fourth-order valence-corrected chi connectivity index (χ4v) is 0.640. The molecule has 0 saturated heterocycles. The van der Waals surface area contributed by atoms with Crippen LogP contribution in [0.4, 0.5) is 0 Å². The third kappa shape index (κ3) is 7.61. The maximum Gasteiger partial charge on any atom is 0.104 e. The Morgan fingerprint density at radius 2 is 2.44 bits per heavy atom. The van der Waals surface area contributed by atoms with Gasteiger partial charge in [-0.15, -0.1) is 11.8 Å². The van der Waals surface area contributed by atoms with Crippen LogP contribution in [0.1, 0.15) is 6.92 Å². The lowest BCUT2D eigenvalue weighted by atomic mass is 10.6. The molecule has 0 aliphatic rings. The van der Waals surface area contributed by atoms with E-state index in [1.807, 2.05) is 5.41 Å². The Kier molecular flexibility index (Phi) is 7.28. The minimum Gasteiger partial charge on any atom is -0.384 e. The summed E-state index contributed by atoms with van der Waals surface area (Å²) in [5.74, 6) is 6.25. The molecule has 0 unspecified atom stereocenters. The molecule has 0 spiro atoms. The van der Waals surface area contributed by atoms with Crippen molar-refractivity contribution < 1.29 is 5.11 Å². The van der Waals surface area contributed by atoms with Crippen molar-refractivity contribution in [3.63, 3.8) is 0 Å². The Bertz CT molecular complexity index is 130. The van der Waals surface area contributed by atoms with Crippen LogP contribution in [0.15, 0.2) is 11.5 Å². The highest BCUT2D eigenvalue weighted by Crippen LogP contribution is 1.97. The SMILES string of the molecule is CCS/C=C/C#CCO. The van der Waals surface area contributed by atoms with Gasteiger partial charge in [-0.3, -0.25) is 0 Å². The van der Waals surface area contributed by atoms with Gasteiger partial charge in [0.25, 0.3) is 0 Å². The second kappa shape index (κ2) is 7.61. The van der Waals surface area contributed by atoms with Crippen molar-refractivity contribution in [3.8, 4) is 11.8 Å². The van der Waals surface area contributed by atoms with Gasteiger partial charge in [0, 0.05) is 0 Å². The van der Waals surface area contributed by atoms with Gasteiger partial charge in [-0.2, -0.15) is 0 Å². The molecule has 2 heteroatoms. The normalized spacial score (nSPS) is 9.11. The third-order valence-corrected chi connectivity index (χ3v) is 1.26. The largest absolute Gasteiger partial charge is 0.384 e. The van der Waals surface area contributed by atoms with Crippen molar-refractivity contribution in [3.05, 3.63) is 11.5 Å². The predicted octanol–water partition coefficient (Wildman–Crippen LogP) is 1.25. The molecule has 0 heterocycles. The predicted molar refractivity (Wildman–Crippen MR) is 42.1 cm³/mol. The number of allylic oxidation sites excluding steroid dienone is 1. The van der Waals surface area contributed by atoms with E-state index in [4.69, 9.17) is 5.11 Å². The molecule has 9 heavy (non-hydrogen) atoms. The van der Waals surface area contributed by atoms with E-state index >= 15 is 0 Å². The third-order valence-electron chi connectivity index (χ3n) is 0.595. The molecule has 0 aromatic rings. The van der Waals surface area contributed by atoms with Gasteiger partial charge >= 0.3 is 0 Å². The molecule has 0 aliphatic carbocycles. The molecule has 0 amide bonds. The van der Waals surface area contributed by atoms with Crippen molar-refractivity contribution in [2.75, 3.05) is 12.4 Å². The van der Waals surface area contributed by atoms with Gasteiger partial charge in [-0.25, -0.2) is 0 Å². The highest BCUT2D eigenvalue weighted by molar-refractivity contribution is 8.02. The molecule has 0 atom stereocenters. The molecule has 0 aliphatic heterocycles. The Morgan fingerprint density at radius 3 is 3.00 bits per heavy atom. The van der Waals surface area contributed by atoms with Crippen LogP contribution >= 0.6 is 11.8 Å². The molecule has 1 N–H and O–H groups in total. The van der Waals surface area contributed by atoms with Crippen LogP contribution in [0, 0.1) is 11.8 Å². The first-order valence-electron chi connectivity index (χ1n) is 2.77. The molecule has 0 rings (SSSR count). The zero-order valence-electron chi connectivity index (χ0n) is 5.42. The number of thioether (sulfide) groups is 1. The molecular formula is C7H10OS. The van der Waals surface area contributed by atoms with Crippen molar-refractivity contribution in [1.82, 2.24) is 0 Å². The summed E-state index contributed by atoms with van der Waals surface area (Å²) in [6, 6.07) is 0. The summed E-state index contributed by atoms with van der Waals surface area (Å²) in [6.45, 7) is 2.02. The number of aliphatic hydroxyl groups is 1. The van der Waals surface area contributed by atoms with Gasteiger partial charge in [0.15, 0.2) is 0 Å². The Labute approximate surface area is 60.2 Å². The Balaban J connectivity index is 3.23. The molecule has 0 fully saturated rings. The second-order valence-corrected chi connectivity index (χ2v) is 2.42. The highest BCUT2D eigenvalue weighted by Gasteiger charge is 1.67. The van der Waals surface area contributed by atoms with E-state index in [0.29, 0.717) is 0 Å². The molecule has 50 valence electrons.